The van der Waals surface area contributed by atoms with E-state index in [0.29, 0.717) is 11.4 Å². The van der Waals surface area contributed by atoms with Crippen LogP contribution in [0.25, 0.3) is 0 Å². The second-order valence-electron chi connectivity index (χ2n) is 7.99. The van der Waals surface area contributed by atoms with Gasteiger partial charge in [0, 0.05) is 6.07 Å². The van der Waals surface area contributed by atoms with Crippen molar-refractivity contribution in [3.05, 3.63) is 83.4 Å². The van der Waals surface area contributed by atoms with E-state index in [2.05, 4.69) is 5.32 Å². The fourth-order valence-corrected chi connectivity index (χ4v) is 4.73. The summed E-state index contributed by atoms with van der Waals surface area (Å²) in [6.07, 6.45) is 0. The third-order valence-corrected chi connectivity index (χ3v) is 7.05. The zero-order chi connectivity index (χ0) is 24.7. The largest absolute Gasteiger partial charge is 0.497 e. The van der Waals surface area contributed by atoms with Crippen LogP contribution in [0.5, 0.6) is 11.5 Å². The predicted octanol–water partition coefficient (Wildman–Crippen LogP) is 4.01. The van der Waals surface area contributed by atoms with Crippen LogP contribution in [0.1, 0.15) is 16.7 Å². The summed E-state index contributed by atoms with van der Waals surface area (Å²) in [5, 5.41) is 2.75. The van der Waals surface area contributed by atoms with Crippen LogP contribution >= 0.6 is 0 Å². The molecule has 0 aliphatic carbocycles. The molecule has 0 aromatic heterocycles. The molecule has 0 saturated carbocycles. The molecule has 8 heteroatoms. The molecule has 0 saturated heterocycles. The molecular weight excluding hydrogens is 452 g/mol. The number of sulfonamides is 1. The van der Waals surface area contributed by atoms with Crippen LogP contribution in [-0.4, -0.2) is 41.1 Å². The summed E-state index contributed by atoms with van der Waals surface area (Å²) in [6, 6.07) is 19.1. The zero-order valence-corrected chi connectivity index (χ0v) is 20.7. The van der Waals surface area contributed by atoms with Gasteiger partial charge in [-0.15, -0.1) is 0 Å². The number of nitrogens with one attached hydrogen (secondary N) is 1. The van der Waals surface area contributed by atoms with Crippen molar-refractivity contribution in [2.75, 3.05) is 31.1 Å². The highest BCUT2D eigenvalue weighted by atomic mass is 32.2. The van der Waals surface area contributed by atoms with Crippen LogP contribution in [0.3, 0.4) is 0 Å². The number of hydrogen-bond donors (Lipinski definition) is 1. The fraction of sp³-hybridized carbons (Fsp3) is 0.269. The quantitative estimate of drug-likeness (QED) is 0.442. The summed E-state index contributed by atoms with van der Waals surface area (Å²) in [4.78, 5) is 12.8. The monoisotopic (exact) mass is 482 g/mol. The van der Waals surface area contributed by atoms with Crippen molar-refractivity contribution in [1.82, 2.24) is 5.32 Å². The molecule has 34 heavy (non-hydrogen) atoms. The van der Waals surface area contributed by atoms with Crippen LogP contribution in [0.2, 0.25) is 0 Å². The van der Waals surface area contributed by atoms with Crippen LogP contribution in [-0.2, 0) is 14.8 Å². The number of benzene rings is 3. The van der Waals surface area contributed by atoms with E-state index in [1.54, 1.807) is 36.4 Å². The summed E-state index contributed by atoms with van der Waals surface area (Å²) in [5.74, 6) is 0.807. The lowest BCUT2D eigenvalue weighted by Gasteiger charge is -2.24. The number of rotatable bonds is 10. The number of carbonyl (C=O) groups is 1. The van der Waals surface area contributed by atoms with Crippen LogP contribution in [0.15, 0.2) is 71.6 Å². The average molecular weight is 483 g/mol. The zero-order valence-electron chi connectivity index (χ0n) is 19.9. The van der Waals surface area contributed by atoms with Gasteiger partial charge in [0.1, 0.15) is 24.7 Å². The molecule has 3 aromatic rings. The molecule has 0 fully saturated rings. The molecule has 3 rings (SSSR count). The Morgan fingerprint density at radius 3 is 2.35 bits per heavy atom. The molecule has 0 aliphatic rings. The van der Waals surface area contributed by atoms with Crippen molar-refractivity contribution in [2.24, 2.45) is 0 Å². The predicted molar refractivity (Wildman–Crippen MR) is 133 cm³/mol. The van der Waals surface area contributed by atoms with E-state index in [1.165, 1.54) is 19.2 Å². The number of carbonyl (C=O) groups excluding carboxylic acids is 1. The molecule has 7 nitrogen and oxygen atoms in total. The van der Waals surface area contributed by atoms with Gasteiger partial charge in [0.05, 0.1) is 24.2 Å². The Labute approximate surface area is 201 Å². The van der Waals surface area contributed by atoms with Gasteiger partial charge in [0.25, 0.3) is 10.0 Å². The number of aryl methyl sites for hydroxylation is 3. The number of anilines is 1. The first-order valence-corrected chi connectivity index (χ1v) is 12.3. The lowest BCUT2D eigenvalue weighted by Crippen LogP contribution is -2.42. The van der Waals surface area contributed by atoms with Crippen molar-refractivity contribution >= 4 is 21.6 Å². The van der Waals surface area contributed by atoms with E-state index >= 15 is 0 Å². The van der Waals surface area contributed by atoms with E-state index in [-0.39, 0.29) is 24.6 Å². The first kappa shape index (κ1) is 25.1. The Balaban J connectivity index is 1.73. The maximum Gasteiger partial charge on any atom is 0.264 e. The average Bonchev–Trinajstić information content (AvgIpc) is 2.82. The minimum absolute atomic E-state index is 0.104. The molecule has 3 aromatic carbocycles. The minimum atomic E-state index is -3.99. The fourth-order valence-electron chi connectivity index (χ4n) is 3.32. The van der Waals surface area contributed by atoms with Gasteiger partial charge < -0.3 is 14.8 Å². The number of hydrogen-bond acceptors (Lipinski definition) is 5. The van der Waals surface area contributed by atoms with Gasteiger partial charge in [-0.3, -0.25) is 9.10 Å². The molecule has 0 heterocycles. The van der Waals surface area contributed by atoms with Gasteiger partial charge in [-0.05, 0) is 62.2 Å². The molecule has 180 valence electrons. The lowest BCUT2D eigenvalue weighted by atomic mass is 10.1. The van der Waals surface area contributed by atoms with E-state index in [0.717, 1.165) is 26.7 Å². The summed E-state index contributed by atoms with van der Waals surface area (Å²) in [7, 11) is -2.49. The van der Waals surface area contributed by atoms with Gasteiger partial charge in [-0.25, -0.2) is 8.42 Å². The van der Waals surface area contributed by atoms with E-state index in [4.69, 9.17) is 9.47 Å². The topological polar surface area (TPSA) is 84.9 Å². The van der Waals surface area contributed by atoms with Crippen LogP contribution in [0, 0.1) is 20.8 Å². The Kier molecular flexibility index (Phi) is 8.17. The molecule has 0 bridgehead atoms. The molecule has 0 unspecified atom stereocenters. The third kappa shape index (κ3) is 6.29. The van der Waals surface area contributed by atoms with Crippen molar-refractivity contribution in [2.45, 2.75) is 25.7 Å². The normalized spacial score (nSPS) is 11.1. The van der Waals surface area contributed by atoms with Gasteiger partial charge in [-0.2, -0.15) is 0 Å². The first-order valence-electron chi connectivity index (χ1n) is 10.9. The first-order chi connectivity index (χ1) is 16.2. The maximum atomic E-state index is 13.4. The SMILES string of the molecule is COc1cccc(N(CC(=O)NCCOc2cc(C)ccc2C)S(=O)(=O)c2ccc(C)cc2)c1. The molecule has 1 N–H and O–H groups in total. The Morgan fingerprint density at radius 2 is 1.65 bits per heavy atom. The van der Waals surface area contributed by atoms with Gasteiger partial charge in [0.2, 0.25) is 5.91 Å². The Bertz CT molecular complexity index is 1240. The highest BCUT2D eigenvalue weighted by Crippen LogP contribution is 2.27. The lowest BCUT2D eigenvalue weighted by molar-refractivity contribution is -0.119. The molecule has 0 spiro atoms. The third-order valence-electron chi connectivity index (χ3n) is 5.26. The molecule has 0 radical (unpaired) electrons. The maximum absolute atomic E-state index is 13.4. The van der Waals surface area contributed by atoms with Crippen molar-refractivity contribution < 1.29 is 22.7 Å². The standard InChI is InChI=1S/C26H30N2O5S/c1-19-9-12-24(13-10-19)34(30,31)28(22-6-5-7-23(17-22)32-4)18-26(29)27-14-15-33-25-16-20(2)8-11-21(25)3/h5-13,16-17H,14-15,18H2,1-4H3,(H,27,29). The number of amides is 1. The van der Waals surface area contributed by atoms with E-state index in [1.807, 2.05) is 39.0 Å². The second-order valence-corrected chi connectivity index (χ2v) is 9.86. The highest BCUT2D eigenvalue weighted by molar-refractivity contribution is 7.92. The number of nitrogens with zero attached hydrogens (tertiary/aromatic N) is 1. The second kappa shape index (κ2) is 11.1. The summed E-state index contributed by atoms with van der Waals surface area (Å²) in [5.41, 5.74) is 3.36. The molecule has 0 atom stereocenters. The van der Waals surface area contributed by atoms with Gasteiger partial charge in [0.15, 0.2) is 0 Å². The highest BCUT2D eigenvalue weighted by Gasteiger charge is 2.27. The number of ether oxygens (including phenoxy) is 2. The Morgan fingerprint density at radius 1 is 0.941 bits per heavy atom. The summed E-state index contributed by atoms with van der Waals surface area (Å²) >= 11 is 0. The van der Waals surface area contributed by atoms with Crippen LogP contribution in [0.4, 0.5) is 5.69 Å². The van der Waals surface area contributed by atoms with Gasteiger partial charge >= 0.3 is 0 Å². The van der Waals surface area contributed by atoms with E-state index < -0.39 is 15.9 Å². The van der Waals surface area contributed by atoms with Gasteiger partial charge in [-0.1, -0.05) is 35.9 Å². The van der Waals surface area contributed by atoms with Crippen molar-refractivity contribution in [1.29, 1.82) is 0 Å². The summed E-state index contributed by atoms with van der Waals surface area (Å²) < 4.78 is 39.0. The number of methoxy groups -OCH3 is 1. The Hall–Kier alpha value is -3.52. The molecular formula is C26H30N2O5S. The smallest absolute Gasteiger partial charge is 0.264 e. The minimum Gasteiger partial charge on any atom is -0.497 e. The van der Waals surface area contributed by atoms with Crippen molar-refractivity contribution in [3.63, 3.8) is 0 Å². The van der Waals surface area contributed by atoms with Crippen molar-refractivity contribution in [3.8, 4) is 11.5 Å². The van der Waals surface area contributed by atoms with E-state index in [9.17, 15) is 13.2 Å². The summed E-state index contributed by atoms with van der Waals surface area (Å²) in [6.45, 7) is 5.94. The van der Waals surface area contributed by atoms with Crippen LogP contribution < -0.4 is 19.1 Å². The molecule has 0 aliphatic heterocycles. The molecule has 1 amide bonds.